The van der Waals surface area contributed by atoms with Gasteiger partial charge in [0.15, 0.2) is 0 Å². The molecule has 174 valence electrons. The van der Waals surface area contributed by atoms with Crippen molar-refractivity contribution in [3.8, 4) is 5.75 Å². The smallest absolute Gasteiger partial charge is 0.345 e. The van der Waals surface area contributed by atoms with Gasteiger partial charge >= 0.3 is 6.61 Å². The van der Waals surface area contributed by atoms with Gasteiger partial charge in [-0.05, 0) is 24.3 Å². The number of halogens is 5. The molecule has 1 amide bonds. The Hall–Kier alpha value is -2.89. The topological polar surface area (TPSA) is 85.4 Å². The first-order chi connectivity index (χ1) is 15.9. The molecule has 0 unspecified atom stereocenters. The summed E-state index contributed by atoms with van der Waals surface area (Å²) in [7, 11) is 0. The number of ether oxygens (including phenoxy) is 2. The van der Waals surface area contributed by atoms with Gasteiger partial charge in [-0.1, -0.05) is 33.6 Å². The highest BCUT2D eigenvalue weighted by Gasteiger charge is 2.14. The van der Waals surface area contributed by atoms with Crippen LogP contribution >= 0.6 is 27.5 Å². The average molecular weight is 546 g/mol. The summed E-state index contributed by atoms with van der Waals surface area (Å²) in [6, 6.07) is 7.21. The number of aromatic nitrogens is 2. The van der Waals surface area contributed by atoms with E-state index in [4.69, 9.17) is 16.3 Å². The first kappa shape index (κ1) is 24.7. The van der Waals surface area contributed by atoms with Gasteiger partial charge in [0.1, 0.15) is 30.3 Å². The van der Waals surface area contributed by atoms with Crippen molar-refractivity contribution < 1.29 is 27.4 Å². The summed E-state index contributed by atoms with van der Waals surface area (Å²) in [6.45, 7) is -3.45. The molecule has 12 heteroatoms. The SMILES string of the molecule is O=C(/C=C/CBr)Nc1cc2c(Nc3ccc(F)c(Cl)c3)ncnc2cc1OCCOC(F)F. The Morgan fingerprint density at radius 2 is 2.03 bits per heavy atom. The number of nitrogens with one attached hydrogen (secondary N) is 2. The number of alkyl halides is 3. The van der Waals surface area contributed by atoms with E-state index in [-0.39, 0.29) is 29.7 Å². The first-order valence-corrected chi connectivity index (χ1v) is 10.9. The molecule has 0 aliphatic rings. The van der Waals surface area contributed by atoms with Crippen molar-refractivity contribution in [3.05, 3.63) is 59.7 Å². The summed E-state index contributed by atoms with van der Waals surface area (Å²) in [6.07, 6.45) is 4.22. The Kier molecular flexibility index (Phi) is 8.87. The van der Waals surface area contributed by atoms with Crippen LogP contribution in [0.5, 0.6) is 5.75 Å². The summed E-state index contributed by atoms with van der Waals surface area (Å²) < 4.78 is 47.6. The average Bonchev–Trinajstić information content (AvgIpc) is 2.78. The third-order valence-corrected chi connectivity index (χ3v) is 4.78. The maximum absolute atomic E-state index is 13.5. The van der Waals surface area contributed by atoms with Crippen LogP contribution < -0.4 is 15.4 Å². The number of fused-ring (bicyclic) bond motifs is 1. The van der Waals surface area contributed by atoms with Crippen molar-refractivity contribution in [2.75, 3.05) is 29.2 Å². The number of anilines is 3. The monoisotopic (exact) mass is 544 g/mol. The second-order valence-electron chi connectivity index (χ2n) is 6.37. The zero-order valence-corrected chi connectivity index (χ0v) is 19.2. The van der Waals surface area contributed by atoms with Gasteiger partial charge < -0.3 is 20.1 Å². The fraction of sp³-hybridized carbons (Fsp3) is 0.190. The largest absolute Gasteiger partial charge is 0.489 e. The Bertz CT molecular complexity index is 1170. The molecule has 0 radical (unpaired) electrons. The molecule has 33 heavy (non-hydrogen) atoms. The van der Waals surface area contributed by atoms with Gasteiger partial charge in [0.05, 0.1) is 22.8 Å². The van der Waals surface area contributed by atoms with Gasteiger partial charge in [0.25, 0.3) is 0 Å². The lowest BCUT2D eigenvalue weighted by molar-refractivity contribution is -0.133. The predicted octanol–water partition coefficient (Wildman–Crippen LogP) is 5.67. The zero-order valence-electron chi connectivity index (χ0n) is 16.8. The number of hydrogen-bond acceptors (Lipinski definition) is 6. The van der Waals surface area contributed by atoms with E-state index in [2.05, 4.69) is 41.3 Å². The molecule has 0 atom stereocenters. The summed E-state index contributed by atoms with van der Waals surface area (Å²) in [5.41, 5.74) is 1.19. The number of amides is 1. The van der Waals surface area contributed by atoms with E-state index in [1.54, 1.807) is 12.1 Å². The number of carbonyl (C=O) groups excluding carboxylic acids is 1. The van der Waals surface area contributed by atoms with Gasteiger partial charge in [0.2, 0.25) is 5.91 Å². The highest BCUT2D eigenvalue weighted by atomic mass is 79.9. The van der Waals surface area contributed by atoms with Crippen molar-refractivity contribution >= 4 is 61.5 Å². The molecule has 2 aromatic carbocycles. The van der Waals surface area contributed by atoms with Crippen LogP contribution in [0.4, 0.5) is 30.4 Å². The van der Waals surface area contributed by atoms with Crippen LogP contribution in [0.15, 0.2) is 48.8 Å². The molecule has 0 saturated heterocycles. The summed E-state index contributed by atoms with van der Waals surface area (Å²) in [5, 5.41) is 6.64. The maximum Gasteiger partial charge on any atom is 0.345 e. The Balaban J connectivity index is 1.95. The van der Waals surface area contributed by atoms with Crippen molar-refractivity contribution in [2.45, 2.75) is 6.61 Å². The molecule has 0 fully saturated rings. The maximum atomic E-state index is 13.5. The van der Waals surface area contributed by atoms with E-state index in [1.807, 2.05) is 0 Å². The molecular weight excluding hydrogens is 529 g/mol. The molecule has 2 N–H and O–H groups in total. The minimum Gasteiger partial charge on any atom is -0.489 e. The van der Waals surface area contributed by atoms with Crippen LogP contribution in [-0.4, -0.2) is 41.0 Å². The van der Waals surface area contributed by atoms with Gasteiger partial charge in [-0.15, -0.1) is 0 Å². The number of allylic oxidation sites excluding steroid dienone is 1. The Morgan fingerprint density at radius 1 is 1.21 bits per heavy atom. The first-order valence-electron chi connectivity index (χ1n) is 9.44. The lowest BCUT2D eigenvalue weighted by atomic mass is 10.1. The van der Waals surface area contributed by atoms with Crippen molar-refractivity contribution in [2.24, 2.45) is 0 Å². The van der Waals surface area contributed by atoms with Crippen LogP contribution in [0.1, 0.15) is 0 Å². The Labute approximate surface area is 200 Å². The number of carbonyl (C=O) groups is 1. The number of benzene rings is 2. The predicted molar refractivity (Wildman–Crippen MR) is 123 cm³/mol. The third-order valence-electron chi connectivity index (χ3n) is 4.12. The molecular formula is C21H17BrClF3N4O3. The van der Waals surface area contributed by atoms with Crippen LogP contribution in [0.25, 0.3) is 10.9 Å². The van der Waals surface area contributed by atoms with E-state index in [1.165, 1.54) is 36.7 Å². The van der Waals surface area contributed by atoms with Crippen molar-refractivity contribution in [1.29, 1.82) is 0 Å². The van der Waals surface area contributed by atoms with Gasteiger partial charge in [-0.2, -0.15) is 8.78 Å². The standard InChI is InChI=1S/C21H17BrClF3N4O3/c22-5-1-2-19(31)30-17-9-13-16(10-18(17)32-6-7-33-21(25)26)27-11-28-20(13)29-12-3-4-15(24)14(23)8-12/h1-4,8-11,21H,5-7H2,(H,30,31)(H,27,28,29)/b2-1+. The molecule has 1 heterocycles. The summed E-state index contributed by atoms with van der Waals surface area (Å²) in [4.78, 5) is 20.6. The molecule has 1 aromatic heterocycles. The fourth-order valence-electron chi connectivity index (χ4n) is 2.73. The van der Waals surface area contributed by atoms with Crippen LogP contribution in [0, 0.1) is 5.82 Å². The summed E-state index contributed by atoms with van der Waals surface area (Å²) >= 11 is 9.03. The van der Waals surface area contributed by atoms with E-state index >= 15 is 0 Å². The Morgan fingerprint density at radius 3 is 2.76 bits per heavy atom. The molecule has 0 aliphatic heterocycles. The van der Waals surface area contributed by atoms with E-state index in [0.717, 1.165) is 0 Å². The highest BCUT2D eigenvalue weighted by molar-refractivity contribution is 9.09. The molecule has 0 spiro atoms. The molecule has 0 aliphatic carbocycles. The quantitative estimate of drug-likeness (QED) is 0.194. The molecule has 0 saturated carbocycles. The molecule has 3 aromatic rings. The zero-order chi connectivity index (χ0) is 23.8. The highest BCUT2D eigenvalue weighted by Crippen LogP contribution is 2.34. The third kappa shape index (κ3) is 7.04. The number of hydrogen-bond donors (Lipinski definition) is 2. The van der Waals surface area contributed by atoms with Gasteiger partial charge in [-0.3, -0.25) is 4.79 Å². The van der Waals surface area contributed by atoms with Crippen molar-refractivity contribution in [3.63, 3.8) is 0 Å². The van der Waals surface area contributed by atoms with Gasteiger partial charge in [0, 0.05) is 28.5 Å². The van der Waals surface area contributed by atoms with E-state index in [9.17, 15) is 18.0 Å². The minimum absolute atomic E-state index is 0.0633. The van der Waals surface area contributed by atoms with E-state index in [0.29, 0.717) is 27.7 Å². The molecule has 7 nitrogen and oxygen atoms in total. The lowest BCUT2D eigenvalue weighted by Gasteiger charge is -2.15. The minimum atomic E-state index is -2.92. The normalized spacial score (nSPS) is 11.3. The van der Waals surface area contributed by atoms with Crippen LogP contribution in [0.2, 0.25) is 5.02 Å². The second kappa shape index (κ2) is 11.8. The van der Waals surface area contributed by atoms with Crippen molar-refractivity contribution in [1.82, 2.24) is 9.97 Å². The van der Waals surface area contributed by atoms with Crippen LogP contribution in [0.3, 0.4) is 0 Å². The van der Waals surface area contributed by atoms with E-state index < -0.39 is 18.3 Å². The number of nitrogens with zero attached hydrogens (tertiary/aromatic N) is 2. The fourth-order valence-corrected chi connectivity index (χ4v) is 3.09. The van der Waals surface area contributed by atoms with Gasteiger partial charge in [-0.25, -0.2) is 14.4 Å². The second-order valence-corrected chi connectivity index (χ2v) is 7.42. The molecule has 3 rings (SSSR count). The number of rotatable bonds is 10. The van der Waals surface area contributed by atoms with Crippen LogP contribution in [-0.2, 0) is 9.53 Å². The molecule has 0 bridgehead atoms. The summed E-state index contributed by atoms with van der Waals surface area (Å²) in [5.74, 6) is -0.426. The lowest BCUT2D eigenvalue weighted by Crippen LogP contribution is -2.13.